The Bertz CT molecular complexity index is 345. The molecule has 0 unspecified atom stereocenters. The molecule has 16 heavy (non-hydrogen) atoms. The third-order valence-corrected chi connectivity index (χ3v) is 2.27. The first-order chi connectivity index (χ1) is 7.69. The highest BCUT2D eigenvalue weighted by atomic mass is 16.7. The van der Waals surface area contributed by atoms with Crippen molar-refractivity contribution in [3.63, 3.8) is 0 Å². The Balaban J connectivity index is 2.69. The summed E-state index contributed by atoms with van der Waals surface area (Å²) < 4.78 is 10.5. The Morgan fingerprint density at radius 1 is 1.44 bits per heavy atom. The Morgan fingerprint density at radius 3 is 2.69 bits per heavy atom. The number of hydrogen-bond acceptors (Lipinski definition) is 3. The van der Waals surface area contributed by atoms with Gasteiger partial charge in [0.2, 0.25) is 0 Å². The van der Waals surface area contributed by atoms with Gasteiger partial charge in [0, 0.05) is 7.11 Å². The summed E-state index contributed by atoms with van der Waals surface area (Å²) in [5.41, 5.74) is 0.930. The van der Waals surface area contributed by atoms with Gasteiger partial charge in [-0.15, -0.1) is 0 Å². The van der Waals surface area contributed by atoms with Crippen molar-refractivity contribution >= 4 is 5.97 Å². The van der Waals surface area contributed by atoms with Crippen molar-refractivity contribution in [2.45, 2.75) is 26.2 Å². The summed E-state index contributed by atoms with van der Waals surface area (Å²) in [7, 11) is 1.57. The van der Waals surface area contributed by atoms with Gasteiger partial charge in [-0.25, -0.2) is 4.79 Å². The van der Waals surface area contributed by atoms with Gasteiger partial charge in [0.1, 0.15) is 0 Å². The van der Waals surface area contributed by atoms with E-state index in [1.807, 2.05) is 6.92 Å². The van der Waals surface area contributed by atoms with Crippen LogP contribution in [0.1, 0.15) is 29.3 Å². The molecule has 0 amide bonds. The van der Waals surface area contributed by atoms with Crippen LogP contribution in [-0.2, 0) is 16.1 Å². The third-order valence-electron chi connectivity index (χ3n) is 2.27. The van der Waals surface area contributed by atoms with Crippen LogP contribution < -0.4 is 0 Å². The number of aromatic carboxylic acids is 1. The molecule has 0 aliphatic rings. The second-order valence-electron chi connectivity index (χ2n) is 3.35. The summed E-state index contributed by atoms with van der Waals surface area (Å²) in [4.78, 5) is 10.9. The molecule has 88 valence electrons. The highest BCUT2D eigenvalue weighted by Gasteiger charge is 2.11. The zero-order chi connectivity index (χ0) is 12.0. The average molecular weight is 224 g/mol. The van der Waals surface area contributed by atoms with Gasteiger partial charge in [-0.2, -0.15) is 0 Å². The van der Waals surface area contributed by atoms with E-state index in [1.54, 1.807) is 31.4 Å². The number of methoxy groups -OCH3 is 1. The molecule has 0 aliphatic carbocycles. The largest absolute Gasteiger partial charge is 0.478 e. The maximum absolute atomic E-state index is 10.9. The van der Waals surface area contributed by atoms with E-state index in [9.17, 15) is 4.79 Å². The van der Waals surface area contributed by atoms with Gasteiger partial charge in [0.15, 0.2) is 6.29 Å². The second-order valence-corrected chi connectivity index (χ2v) is 3.35. The zero-order valence-corrected chi connectivity index (χ0v) is 9.47. The van der Waals surface area contributed by atoms with Gasteiger partial charge in [-0.3, -0.25) is 0 Å². The van der Waals surface area contributed by atoms with Gasteiger partial charge >= 0.3 is 5.97 Å². The van der Waals surface area contributed by atoms with Crippen molar-refractivity contribution in [3.05, 3.63) is 35.4 Å². The van der Waals surface area contributed by atoms with Crippen LogP contribution in [0.2, 0.25) is 0 Å². The third kappa shape index (κ3) is 3.32. The van der Waals surface area contributed by atoms with Crippen LogP contribution in [0, 0.1) is 0 Å². The molecular weight excluding hydrogens is 208 g/mol. The first-order valence-corrected chi connectivity index (χ1v) is 5.14. The van der Waals surface area contributed by atoms with Crippen molar-refractivity contribution in [1.82, 2.24) is 0 Å². The van der Waals surface area contributed by atoms with Crippen LogP contribution >= 0.6 is 0 Å². The van der Waals surface area contributed by atoms with E-state index in [0.29, 0.717) is 5.56 Å². The number of ether oxygens (including phenoxy) is 2. The quantitative estimate of drug-likeness (QED) is 0.753. The van der Waals surface area contributed by atoms with Gasteiger partial charge in [-0.05, 0) is 18.1 Å². The van der Waals surface area contributed by atoms with Crippen LogP contribution in [-0.4, -0.2) is 24.5 Å². The summed E-state index contributed by atoms with van der Waals surface area (Å²) in [6.07, 6.45) is 0.438. The molecule has 4 heteroatoms. The minimum Gasteiger partial charge on any atom is -0.478 e. The van der Waals surface area contributed by atoms with E-state index < -0.39 is 5.97 Å². The first-order valence-electron chi connectivity index (χ1n) is 5.14. The number of hydrogen-bond donors (Lipinski definition) is 1. The SMILES string of the molecule is CC[C@@H](OC)OCc1ccccc1C(=O)O. The van der Waals surface area contributed by atoms with E-state index >= 15 is 0 Å². The van der Waals surface area contributed by atoms with Crippen LogP contribution in [0.5, 0.6) is 0 Å². The highest BCUT2D eigenvalue weighted by Crippen LogP contribution is 2.12. The van der Waals surface area contributed by atoms with Gasteiger partial charge in [-0.1, -0.05) is 25.1 Å². The number of rotatable bonds is 6. The molecule has 0 fully saturated rings. The molecule has 0 spiro atoms. The fraction of sp³-hybridized carbons (Fsp3) is 0.417. The molecule has 0 aromatic heterocycles. The smallest absolute Gasteiger partial charge is 0.336 e. The monoisotopic (exact) mass is 224 g/mol. The standard InChI is InChI=1S/C12H16O4/c1-3-11(15-2)16-8-9-6-4-5-7-10(9)12(13)14/h4-7,11H,3,8H2,1-2H3,(H,13,14)/t11-/m0/s1. The summed E-state index contributed by atoms with van der Waals surface area (Å²) in [5.74, 6) is -0.940. The number of carbonyl (C=O) groups is 1. The number of carboxylic acids is 1. The first kappa shape index (κ1) is 12.7. The number of benzene rings is 1. The lowest BCUT2D eigenvalue weighted by atomic mass is 10.1. The average Bonchev–Trinajstić information content (AvgIpc) is 2.30. The van der Waals surface area contributed by atoms with Crippen molar-refractivity contribution in [3.8, 4) is 0 Å². The van der Waals surface area contributed by atoms with Crippen molar-refractivity contribution in [2.75, 3.05) is 7.11 Å². The molecular formula is C12H16O4. The highest BCUT2D eigenvalue weighted by molar-refractivity contribution is 5.89. The van der Waals surface area contributed by atoms with E-state index in [1.165, 1.54) is 0 Å². The summed E-state index contributed by atoms with van der Waals surface area (Å²) in [6, 6.07) is 6.79. The summed E-state index contributed by atoms with van der Waals surface area (Å²) >= 11 is 0. The summed E-state index contributed by atoms with van der Waals surface area (Å²) in [5, 5.41) is 8.96. The van der Waals surface area contributed by atoms with Crippen LogP contribution in [0.15, 0.2) is 24.3 Å². The second kappa shape index (κ2) is 6.25. The van der Waals surface area contributed by atoms with E-state index in [-0.39, 0.29) is 18.5 Å². The van der Waals surface area contributed by atoms with E-state index in [2.05, 4.69) is 0 Å². The van der Waals surface area contributed by atoms with Crippen molar-refractivity contribution in [2.24, 2.45) is 0 Å². The van der Waals surface area contributed by atoms with Gasteiger partial charge < -0.3 is 14.6 Å². The molecule has 0 saturated carbocycles. The molecule has 0 bridgehead atoms. The molecule has 0 saturated heterocycles. The lowest BCUT2D eigenvalue weighted by Crippen LogP contribution is -2.15. The zero-order valence-electron chi connectivity index (χ0n) is 9.47. The molecule has 4 nitrogen and oxygen atoms in total. The molecule has 0 radical (unpaired) electrons. The minimum atomic E-state index is -0.940. The van der Waals surface area contributed by atoms with E-state index in [0.717, 1.165) is 6.42 Å². The molecule has 1 aromatic rings. The lowest BCUT2D eigenvalue weighted by Gasteiger charge is -2.14. The maximum atomic E-state index is 10.9. The van der Waals surface area contributed by atoms with Crippen LogP contribution in [0.3, 0.4) is 0 Å². The minimum absolute atomic E-state index is 0.245. The fourth-order valence-electron chi connectivity index (χ4n) is 1.39. The predicted octanol–water partition coefficient (Wildman–Crippen LogP) is 2.28. The van der Waals surface area contributed by atoms with Crippen LogP contribution in [0.4, 0.5) is 0 Å². The fourth-order valence-corrected chi connectivity index (χ4v) is 1.39. The molecule has 1 N–H and O–H groups in total. The van der Waals surface area contributed by atoms with E-state index in [4.69, 9.17) is 14.6 Å². The molecule has 1 atom stereocenters. The summed E-state index contributed by atoms with van der Waals surface area (Å²) in [6.45, 7) is 2.19. The Morgan fingerprint density at radius 2 is 2.12 bits per heavy atom. The molecule has 1 rings (SSSR count). The normalized spacial score (nSPS) is 12.4. The van der Waals surface area contributed by atoms with Crippen molar-refractivity contribution < 1.29 is 19.4 Å². The Labute approximate surface area is 94.8 Å². The topological polar surface area (TPSA) is 55.8 Å². The van der Waals surface area contributed by atoms with Crippen LogP contribution in [0.25, 0.3) is 0 Å². The Hall–Kier alpha value is -1.39. The predicted molar refractivity (Wildman–Crippen MR) is 59.3 cm³/mol. The molecule has 1 aromatic carbocycles. The number of carboxylic acid groups (broad SMARTS) is 1. The molecule has 0 heterocycles. The molecule has 0 aliphatic heterocycles. The van der Waals surface area contributed by atoms with Gasteiger partial charge in [0.25, 0.3) is 0 Å². The maximum Gasteiger partial charge on any atom is 0.336 e. The Kier molecular flexibility index (Phi) is 4.95. The lowest BCUT2D eigenvalue weighted by molar-refractivity contribution is -0.132. The van der Waals surface area contributed by atoms with Gasteiger partial charge in [0.05, 0.1) is 12.2 Å². The van der Waals surface area contributed by atoms with Crippen molar-refractivity contribution in [1.29, 1.82) is 0 Å².